The standard InChI is InChI=1S/C22H27N3O/c26-22(20-10-11-21(23-17-20)24-13-4-5-14-24)25-15-6-9-19(12-16-25)18-7-2-1-3-8-18/h1-3,7-8,10-11,17,19H,4-6,9,12-16H2. The van der Waals surface area contributed by atoms with Gasteiger partial charge in [-0.2, -0.15) is 0 Å². The highest BCUT2D eigenvalue weighted by Gasteiger charge is 2.23. The van der Waals surface area contributed by atoms with Crippen molar-refractivity contribution in [3.8, 4) is 0 Å². The third kappa shape index (κ3) is 3.74. The minimum absolute atomic E-state index is 0.124. The first-order valence-electron chi connectivity index (χ1n) is 9.86. The smallest absolute Gasteiger partial charge is 0.255 e. The van der Waals surface area contributed by atoms with Gasteiger partial charge in [-0.25, -0.2) is 4.98 Å². The molecule has 4 heteroatoms. The zero-order valence-electron chi connectivity index (χ0n) is 15.3. The maximum absolute atomic E-state index is 12.9. The normalized spacial score (nSPS) is 20.8. The van der Waals surface area contributed by atoms with Crippen LogP contribution >= 0.6 is 0 Å². The number of nitrogens with zero attached hydrogens (tertiary/aromatic N) is 3. The van der Waals surface area contributed by atoms with Gasteiger partial charge in [-0.05, 0) is 55.7 Å². The highest BCUT2D eigenvalue weighted by atomic mass is 16.2. The van der Waals surface area contributed by atoms with Gasteiger partial charge in [0.25, 0.3) is 5.91 Å². The predicted molar refractivity (Wildman–Crippen MR) is 105 cm³/mol. The molecule has 0 saturated carbocycles. The fraction of sp³-hybridized carbons (Fsp3) is 0.455. The Morgan fingerprint density at radius 3 is 2.42 bits per heavy atom. The minimum atomic E-state index is 0.124. The molecule has 2 aliphatic rings. The van der Waals surface area contributed by atoms with Gasteiger partial charge in [-0.3, -0.25) is 4.79 Å². The largest absolute Gasteiger partial charge is 0.357 e. The van der Waals surface area contributed by atoms with Gasteiger partial charge in [0, 0.05) is 32.4 Å². The number of amides is 1. The van der Waals surface area contributed by atoms with Crippen molar-refractivity contribution < 1.29 is 4.79 Å². The van der Waals surface area contributed by atoms with Crippen LogP contribution in [-0.4, -0.2) is 42.0 Å². The van der Waals surface area contributed by atoms with Gasteiger partial charge in [-0.15, -0.1) is 0 Å². The van der Waals surface area contributed by atoms with Crippen LogP contribution < -0.4 is 4.90 Å². The molecule has 4 nitrogen and oxygen atoms in total. The van der Waals surface area contributed by atoms with Gasteiger partial charge in [-0.1, -0.05) is 30.3 Å². The molecular weight excluding hydrogens is 322 g/mol. The molecule has 0 bridgehead atoms. The summed E-state index contributed by atoms with van der Waals surface area (Å²) in [6, 6.07) is 14.7. The van der Waals surface area contributed by atoms with Crippen molar-refractivity contribution in [2.24, 2.45) is 0 Å². The molecule has 1 unspecified atom stereocenters. The molecule has 4 rings (SSSR count). The van der Waals surface area contributed by atoms with Gasteiger partial charge in [0.1, 0.15) is 5.82 Å². The quantitative estimate of drug-likeness (QED) is 0.837. The van der Waals surface area contributed by atoms with Crippen LogP contribution in [0.5, 0.6) is 0 Å². The van der Waals surface area contributed by atoms with Crippen molar-refractivity contribution in [2.75, 3.05) is 31.1 Å². The van der Waals surface area contributed by atoms with Crippen LogP contribution in [-0.2, 0) is 0 Å². The molecule has 136 valence electrons. The Bertz CT molecular complexity index is 723. The Kier molecular flexibility index (Phi) is 5.19. The molecule has 0 aliphatic carbocycles. The monoisotopic (exact) mass is 349 g/mol. The Morgan fingerprint density at radius 1 is 0.885 bits per heavy atom. The van der Waals surface area contributed by atoms with Gasteiger partial charge < -0.3 is 9.80 Å². The summed E-state index contributed by atoms with van der Waals surface area (Å²) in [5.41, 5.74) is 2.12. The number of anilines is 1. The Hall–Kier alpha value is -2.36. The van der Waals surface area contributed by atoms with Gasteiger partial charge >= 0.3 is 0 Å². The molecular formula is C22H27N3O. The maximum Gasteiger partial charge on any atom is 0.255 e. The Morgan fingerprint density at radius 2 is 1.69 bits per heavy atom. The number of aromatic nitrogens is 1. The van der Waals surface area contributed by atoms with Crippen molar-refractivity contribution in [1.29, 1.82) is 0 Å². The summed E-state index contributed by atoms with van der Waals surface area (Å²) in [5.74, 6) is 1.68. The third-order valence-electron chi connectivity index (χ3n) is 5.71. The van der Waals surface area contributed by atoms with Crippen LogP contribution in [0.1, 0.15) is 53.9 Å². The molecule has 2 fully saturated rings. The molecule has 0 radical (unpaired) electrons. The highest BCUT2D eigenvalue weighted by molar-refractivity contribution is 5.94. The molecule has 3 heterocycles. The predicted octanol–water partition coefficient (Wildman–Crippen LogP) is 4.09. The third-order valence-corrected chi connectivity index (χ3v) is 5.71. The van der Waals surface area contributed by atoms with Crippen LogP contribution in [0.3, 0.4) is 0 Å². The first-order valence-corrected chi connectivity index (χ1v) is 9.86. The van der Waals surface area contributed by atoms with Crippen molar-refractivity contribution in [3.05, 3.63) is 59.8 Å². The van der Waals surface area contributed by atoms with Crippen molar-refractivity contribution in [1.82, 2.24) is 9.88 Å². The van der Waals surface area contributed by atoms with E-state index in [1.54, 1.807) is 6.20 Å². The first kappa shape index (κ1) is 17.1. The summed E-state index contributed by atoms with van der Waals surface area (Å²) >= 11 is 0. The molecule has 1 aromatic heterocycles. The lowest BCUT2D eigenvalue weighted by atomic mass is 9.92. The highest BCUT2D eigenvalue weighted by Crippen LogP contribution is 2.28. The van der Waals surface area contributed by atoms with E-state index in [4.69, 9.17) is 0 Å². The van der Waals surface area contributed by atoms with Crippen LogP contribution in [0, 0.1) is 0 Å². The number of rotatable bonds is 3. The number of hydrogen-bond acceptors (Lipinski definition) is 3. The van der Waals surface area contributed by atoms with E-state index in [1.807, 2.05) is 17.0 Å². The van der Waals surface area contributed by atoms with E-state index in [2.05, 4.69) is 40.2 Å². The molecule has 2 aromatic rings. The summed E-state index contributed by atoms with van der Waals surface area (Å²) < 4.78 is 0. The maximum atomic E-state index is 12.9. The number of benzene rings is 1. The fourth-order valence-electron chi connectivity index (χ4n) is 4.19. The second-order valence-electron chi connectivity index (χ2n) is 7.43. The Labute approximate surface area is 155 Å². The summed E-state index contributed by atoms with van der Waals surface area (Å²) in [6.45, 7) is 3.82. The summed E-state index contributed by atoms with van der Waals surface area (Å²) in [5, 5.41) is 0. The molecule has 1 amide bonds. The van der Waals surface area contributed by atoms with E-state index in [9.17, 15) is 4.79 Å². The molecule has 2 saturated heterocycles. The van der Waals surface area contributed by atoms with E-state index in [0.717, 1.165) is 51.3 Å². The zero-order valence-corrected chi connectivity index (χ0v) is 15.3. The number of carbonyl (C=O) groups excluding carboxylic acids is 1. The fourth-order valence-corrected chi connectivity index (χ4v) is 4.19. The second kappa shape index (κ2) is 7.90. The van der Waals surface area contributed by atoms with Gasteiger partial charge in [0.05, 0.1) is 5.56 Å². The van der Waals surface area contributed by atoms with E-state index in [1.165, 1.54) is 18.4 Å². The molecule has 0 N–H and O–H groups in total. The summed E-state index contributed by atoms with van der Waals surface area (Å²) in [6.07, 6.45) is 7.48. The van der Waals surface area contributed by atoms with E-state index in [-0.39, 0.29) is 5.91 Å². The average Bonchev–Trinajstić information content (AvgIpc) is 3.13. The van der Waals surface area contributed by atoms with Gasteiger partial charge in [0.2, 0.25) is 0 Å². The van der Waals surface area contributed by atoms with Crippen LogP contribution in [0.4, 0.5) is 5.82 Å². The topological polar surface area (TPSA) is 36.4 Å². The van der Waals surface area contributed by atoms with Crippen molar-refractivity contribution in [2.45, 2.75) is 38.0 Å². The van der Waals surface area contributed by atoms with Crippen molar-refractivity contribution in [3.63, 3.8) is 0 Å². The Balaban J connectivity index is 1.40. The van der Waals surface area contributed by atoms with Crippen LogP contribution in [0.2, 0.25) is 0 Å². The molecule has 1 aromatic carbocycles. The lowest BCUT2D eigenvalue weighted by molar-refractivity contribution is 0.0760. The number of pyridine rings is 1. The van der Waals surface area contributed by atoms with Crippen LogP contribution in [0.15, 0.2) is 48.7 Å². The summed E-state index contributed by atoms with van der Waals surface area (Å²) in [4.78, 5) is 21.7. The summed E-state index contributed by atoms with van der Waals surface area (Å²) in [7, 11) is 0. The van der Waals surface area contributed by atoms with E-state index in [0.29, 0.717) is 11.5 Å². The molecule has 1 atom stereocenters. The second-order valence-corrected chi connectivity index (χ2v) is 7.43. The lowest BCUT2D eigenvalue weighted by Gasteiger charge is -2.21. The molecule has 0 spiro atoms. The number of likely N-dealkylation sites (tertiary alicyclic amines) is 1. The van der Waals surface area contributed by atoms with Crippen molar-refractivity contribution >= 4 is 11.7 Å². The first-order chi connectivity index (χ1) is 12.8. The lowest BCUT2D eigenvalue weighted by Crippen LogP contribution is -2.32. The van der Waals surface area contributed by atoms with Gasteiger partial charge in [0.15, 0.2) is 0 Å². The minimum Gasteiger partial charge on any atom is -0.357 e. The number of hydrogen-bond donors (Lipinski definition) is 0. The molecule has 26 heavy (non-hydrogen) atoms. The zero-order chi connectivity index (χ0) is 17.8. The van der Waals surface area contributed by atoms with Crippen LogP contribution in [0.25, 0.3) is 0 Å². The molecule has 2 aliphatic heterocycles. The number of carbonyl (C=O) groups is 1. The van der Waals surface area contributed by atoms with E-state index < -0.39 is 0 Å². The average molecular weight is 349 g/mol. The van der Waals surface area contributed by atoms with E-state index >= 15 is 0 Å². The SMILES string of the molecule is O=C(c1ccc(N2CCCC2)nc1)N1CCCC(c2ccccc2)CC1.